The topological polar surface area (TPSA) is 54.5 Å². The highest BCUT2D eigenvalue weighted by molar-refractivity contribution is 8.26. The molecule has 2 saturated heterocycles. The Labute approximate surface area is 137 Å². The number of thiocarbonyl (C=S) groups is 1. The van der Waals surface area contributed by atoms with Gasteiger partial charge in [-0.1, -0.05) is 36.1 Å². The Hall–Kier alpha value is -1.25. The minimum absolute atomic E-state index is 0.0384. The molecule has 0 saturated carbocycles. The van der Waals surface area contributed by atoms with E-state index in [2.05, 4.69) is 0 Å². The van der Waals surface area contributed by atoms with Crippen LogP contribution in [0.4, 0.5) is 4.39 Å². The number of nitrogens with zero attached hydrogens (tertiary/aromatic N) is 1. The van der Waals surface area contributed by atoms with Crippen LogP contribution in [0.25, 0.3) is 6.08 Å². The highest BCUT2D eigenvalue weighted by Crippen LogP contribution is 2.36. The van der Waals surface area contributed by atoms with Gasteiger partial charge in [-0.05, 0) is 30.2 Å². The molecule has 2 aliphatic rings. The molecular weight excluding hydrogens is 345 g/mol. The predicted octanol–water partition coefficient (Wildman–Crippen LogP) is 2.21. The fourth-order valence-corrected chi connectivity index (χ4v) is 5.58. The molecule has 0 aliphatic carbocycles. The Morgan fingerprint density at radius 2 is 2.00 bits per heavy atom. The lowest BCUT2D eigenvalue weighted by atomic mass is 10.2. The quantitative estimate of drug-likeness (QED) is 0.600. The fourth-order valence-electron chi connectivity index (χ4n) is 2.48. The zero-order valence-corrected chi connectivity index (χ0v) is 13.8. The maximum absolute atomic E-state index is 12.9. The minimum atomic E-state index is -3.08. The van der Waals surface area contributed by atoms with Gasteiger partial charge in [0.1, 0.15) is 10.1 Å². The van der Waals surface area contributed by atoms with Gasteiger partial charge in [-0.3, -0.25) is 9.69 Å². The summed E-state index contributed by atoms with van der Waals surface area (Å²) in [5.74, 6) is -0.572. The molecule has 8 heteroatoms. The maximum Gasteiger partial charge on any atom is 0.266 e. The average molecular weight is 357 g/mol. The molecule has 1 amide bonds. The molecule has 0 N–H and O–H groups in total. The van der Waals surface area contributed by atoms with Crippen LogP contribution in [-0.2, 0) is 14.6 Å². The van der Waals surface area contributed by atoms with Gasteiger partial charge in [0.15, 0.2) is 9.84 Å². The Bertz CT molecular complexity index is 771. The van der Waals surface area contributed by atoms with Gasteiger partial charge in [-0.15, -0.1) is 0 Å². The number of thioether (sulfide) groups is 1. The number of sulfone groups is 1. The van der Waals surface area contributed by atoms with Crippen molar-refractivity contribution in [2.75, 3.05) is 11.5 Å². The second kappa shape index (κ2) is 5.75. The number of hydrogen-bond donors (Lipinski definition) is 0. The molecule has 0 unspecified atom stereocenters. The zero-order valence-electron chi connectivity index (χ0n) is 11.4. The molecular formula is C14H12FNO3S3. The number of carbonyl (C=O) groups is 1. The number of carbonyl (C=O) groups excluding carboxylic acids is 1. The smallest absolute Gasteiger partial charge is 0.266 e. The van der Waals surface area contributed by atoms with E-state index in [0.29, 0.717) is 21.2 Å². The van der Waals surface area contributed by atoms with Gasteiger partial charge in [-0.2, -0.15) is 0 Å². The van der Waals surface area contributed by atoms with E-state index >= 15 is 0 Å². The van der Waals surface area contributed by atoms with Crippen LogP contribution in [0.2, 0.25) is 0 Å². The summed E-state index contributed by atoms with van der Waals surface area (Å²) in [6.45, 7) is 0. The van der Waals surface area contributed by atoms with Crippen LogP contribution in [-0.4, -0.2) is 41.1 Å². The molecule has 2 heterocycles. The molecule has 22 heavy (non-hydrogen) atoms. The molecule has 1 aromatic carbocycles. The van der Waals surface area contributed by atoms with Crippen molar-refractivity contribution in [2.45, 2.75) is 12.5 Å². The lowest BCUT2D eigenvalue weighted by Gasteiger charge is -2.20. The van der Waals surface area contributed by atoms with Gasteiger partial charge in [0.05, 0.1) is 22.5 Å². The van der Waals surface area contributed by atoms with Crippen LogP contribution < -0.4 is 0 Å². The summed E-state index contributed by atoms with van der Waals surface area (Å²) < 4.78 is 36.4. The average Bonchev–Trinajstić information content (AvgIpc) is 2.93. The monoisotopic (exact) mass is 357 g/mol. The van der Waals surface area contributed by atoms with Crippen molar-refractivity contribution >= 4 is 50.1 Å². The Balaban J connectivity index is 1.84. The number of amides is 1. The molecule has 116 valence electrons. The molecule has 0 aromatic heterocycles. The van der Waals surface area contributed by atoms with Gasteiger partial charge in [0.2, 0.25) is 0 Å². The largest absolute Gasteiger partial charge is 0.289 e. The second-order valence-electron chi connectivity index (χ2n) is 5.16. The van der Waals surface area contributed by atoms with Gasteiger partial charge >= 0.3 is 0 Å². The van der Waals surface area contributed by atoms with Crippen LogP contribution in [0.15, 0.2) is 29.2 Å². The van der Waals surface area contributed by atoms with E-state index < -0.39 is 9.84 Å². The summed E-state index contributed by atoms with van der Waals surface area (Å²) in [7, 11) is -3.08. The number of rotatable bonds is 2. The van der Waals surface area contributed by atoms with Crippen molar-refractivity contribution in [3.8, 4) is 0 Å². The Kier molecular flexibility index (Phi) is 4.09. The Morgan fingerprint density at radius 1 is 1.32 bits per heavy atom. The third kappa shape index (κ3) is 3.09. The summed E-state index contributed by atoms with van der Waals surface area (Å²) >= 11 is 6.36. The van der Waals surface area contributed by atoms with E-state index in [0.717, 1.165) is 11.8 Å². The van der Waals surface area contributed by atoms with Crippen LogP contribution in [0.5, 0.6) is 0 Å². The number of halogens is 1. The third-order valence-corrected chi connectivity index (χ3v) is 6.65. The molecule has 3 rings (SSSR count). The highest BCUT2D eigenvalue weighted by Gasteiger charge is 2.41. The molecule has 1 atom stereocenters. The fraction of sp³-hybridized carbons (Fsp3) is 0.286. The summed E-state index contributed by atoms with van der Waals surface area (Å²) in [6, 6.07) is 5.40. The molecule has 0 bridgehead atoms. The van der Waals surface area contributed by atoms with Crippen LogP contribution in [0.1, 0.15) is 12.0 Å². The predicted molar refractivity (Wildman–Crippen MR) is 88.5 cm³/mol. The first-order valence-electron chi connectivity index (χ1n) is 6.59. The van der Waals surface area contributed by atoms with Gasteiger partial charge in [0, 0.05) is 0 Å². The Morgan fingerprint density at radius 3 is 2.59 bits per heavy atom. The molecule has 2 fully saturated rings. The molecule has 0 radical (unpaired) electrons. The lowest BCUT2D eigenvalue weighted by Crippen LogP contribution is -2.39. The molecule has 1 aromatic rings. The number of benzene rings is 1. The molecule has 2 aliphatic heterocycles. The van der Waals surface area contributed by atoms with Crippen molar-refractivity contribution < 1.29 is 17.6 Å². The first-order chi connectivity index (χ1) is 10.4. The lowest BCUT2D eigenvalue weighted by molar-refractivity contribution is -0.123. The van der Waals surface area contributed by atoms with Gasteiger partial charge in [-0.25, -0.2) is 12.8 Å². The first kappa shape index (κ1) is 15.6. The van der Waals surface area contributed by atoms with Crippen molar-refractivity contribution in [3.63, 3.8) is 0 Å². The number of hydrogen-bond acceptors (Lipinski definition) is 5. The van der Waals surface area contributed by atoms with Gasteiger partial charge in [0.25, 0.3) is 5.91 Å². The highest BCUT2D eigenvalue weighted by atomic mass is 32.2. The first-order valence-corrected chi connectivity index (χ1v) is 9.63. The normalized spacial score (nSPS) is 26.1. The SMILES string of the molecule is O=C1/C(=C/c2ccc(F)cc2)SC(=S)N1[C@H]1CCS(=O)(=O)C1. The van der Waals surface area contributed by atoms with E-state index in [-0.39, 0.29) is 29.3 Å². The van der Waals surface area contributed by atoms with Gasteiger partial charge < -0.3 is 0 Å². The van der Waals surface area contributed by atoms with Crippen LogP contribution in [0, 0.1) is 5.82 Å². The van der Waals surface area contributed by atoms with Crippen molar-refractivity contribution in [1.29, 1.82) is 0 Å². The summed E-state index contributed by atoms with van der Waals surface area (Å²) in [5, 5.41) is 0. The second-order valence-corrected chi connectivity index (χ2v) is 9.06. The van der Waals surface area contributed by atoms with Crippen molar-refractivity contribution in [3.05, 3.63) is 40.6 Å². The molecule has 0 spiro atoms. The van der Waals surface area contributed by atoms with E-state index in [1.807, 2.05) is 0 Å². The summed E-state index contributed by atoms with van der Waals surface area (Å²) in [5.41, 5.74) is 0.695. The van der Waals surface area contributed by atoms with Crippen LogP contribution in [0.3, 0.4) is 0 Å². The third-order valence-electron chi connectivity index (χ3n) is 3.56. The van der Waals surface area contributed by atoms with Crippen molar-refractivity contribution in [1.82, 2.24) is 4.90 Å². The standard InChI is InChI=1S/C14H12FNO3S3/c15-10-3-1-9(2-4-10)7-12-13(17)16(14(20)21-12)11-5-6-22(18,19)8-11/h1-4,7,11H,5-6,8H2/b12-7-/t11-/m0/s1. The van der Waals surface area contributed by atoms with E-state index in [4.69, 9.17) is 12.2 Å². The minimum Gasteiger partial charge on any atom is -0.289 e. The summed E-state index contributed by atoms with van der Waals surface area (Å²) in [6.07, 6.45) is 2.06. The molecule has 4 nitrogen and oxygen atoms in total. The maximum atomic E-state index is 12.9. The van der Waals surface area contributed by atoms with E-state index in [9.17, 15) is 17.6 Å². The van der Waals surface area contributed by atoms with Crippen LogP contribution >= 0.6 is 24.0 Å². The zero-order chi connectivity index (χ0) is 15.9. The van der Waals surface area contributed by atoms with E-state index in [1.54, 1.807) is 18.2 Å². The van der Waals surface area contributed by atoms with E-state index in [1.165, 1.54) is 17.0 Å². The summed E-state index contributed by atoms with van der Waals surface area (Å²) in [4.78, 5) is 14.3. The van der Waals surface area contributed by atoms with Crippen molar-refractivity contribution in [2.24, 2.45) is 0 Å².